The maximum Gasteiger partial charge on any atom is 0.224 e. The smallest absolute Gasteiger partial charge is 0.224 e. The lowest BCUT2D eigenvalue weighted by molar-refractivity contribution is 0.557. The molecule has 0 amide bonds. The average Bonchev–Trinajstić information content (AvgIpc) is 2.71. The van der Waals surface area contributed by atoms with Crippen molar-refractivity contribution in [3.05, 3.63) is 54.0 Å². The van der Waals surface area contributed by atoms with E-state index in [0.29, 0.717) is 5.56 Å². The lowest BCUT2D eigenvalue weighted by Crippen LogP contribution is -1.95. The molecule has 0 aliphatic heterocycles. The summed E-state index contributed by atoms with van der Waals surface area (Å²) in [6.45, 7) is 0. The minimum absolute atomic E-state index is 0.228. The third kappa shape index (κ3) is 1.56. The molecule has 65 valence electrons. The van der Waals surface area contributed by atoms with E-state index in [1.165, 1.54) is 6.20 Å². The molecule has 1 aromatic heterocycles. The highest BCUT2D eigenvalue weighted by Crippen LogP contribution is 2.21. The lowest BCUT2D eigenvalue weighted by atomic mass is 10.1. The summed E-state index contributed by atoms with van der Waals surface area (Å²) in [5.74, 6) is 0. The molecule has 13 heavy (non-hydrogen) atoms. The second-order valence-electron chi connectivity index (χ2n) is 2.54. The van der Waals surface area contributed by atoms with Gasteiger partial charge in [0.25, 0.3) is 0 Å². The van der Waals surface area contributed by atoms with Crippen molar-refractivity contribution >= 4 is 0 Å². The van der Waals surface area contributed by atoms with E-state index < -0.39 is 0 Å². The van der Waals surface area contributed by atoms with Gasteiger partial charge in [-0.15, -0.1) is 5.10 Å². The third-order valence-corrected chi connectivity index (χ3v) is 1.67. The van der Waals surface area contributed by atoms with E-state index in [-0.39, 0.29) is 11.9 Å². The van der Waals surface area contributed by atoms with Crippen molar-refractivity contribution in [2.45, 2.75) is 0 Å². The van der Waals surface area contributed by atoms with E-state index in [0.717, 1.165) is 0 Å². The molecule has 0 saturated carbocycles. The summed E-state index contributed by atoms with van der Waals surface area (Å²) in [6.07, 6.45) is 1.05. The molecule has 2 aromatic rings. The van der Waals surface area contributed by atoms with Gasteiger partial charge in [0, 0.05) is 6.20 Å². The summed E-state index contributed by atoms with van der Waals surface area (Å²) in [4.78, 5) is 0. The van der Waals surface area contributed by atoms with Crippen LogP contribution in [0.2, 0.25) is 0 Å². The van der Waals surface area contributed by atoms with Crippen molar-refractivity contribution in [3.63, 3.8) is 0 Å². The van der Waals surface area contributed by atoms with Gasteiger partial charge in [-0.1, -0.05) is 35.5 Å². The Hall–Kier alpha value is -1.71. The van der Waals surface area contributed by atoms with Crippen molar-refractivity contribution in [2.24, 2.45) is 0 Å². The molecular weight excluding hydrogens is 169 g/mol. The van der Waals surface area contributed by atoms with Crippen molar-refractivity contribution in [1.82, 2.24) is 15.4 Å². The molecule has 0 atom stereocenters. The molecule has 0 bridgehead atoms. The molecule has 0 fully saturated rings. The molecule has 0 unspecified atom stereocenters. The summed E-state index contributed by atoms with van der Waals surface area (Å²) in [6, 6.07) is 8.75. The second-order valence-corrected chi connectivity index (χ2v) is 2.54. The number of hydrogen-bond acceptors (Lipinski definition) is 2. The normalized spacial score (nSPS) is 10.6. The highest BCUT2D eigenvalue weighted by atomic mass is 19.1. The predicted molar refractivity (Wildman–Crippen MR) is 45.4 cm³/mol. The van der Waals surface area contributed by atoms with E-state index >= 15 is 0 Å². The summed E-state index contributed by atoms with van der Waals surface area (Å²) >= 11 is 0. The van der Waals surface area contributed by atoms with E-state index in [1.54, 1.807) is 24.3 Å². The number of aromatic nitrogens is 3. The molecule has 0 aliphatic carbocycles. The molecule has 0 spiro atoms. The topological polar surface area (TPSA) is 41.6 Å². The zero-order valence-electron chi connectivity index (χ0n) is 6.74. The Morgan fingerprint density at radius 1 is 1.23 bits per heavy atom. The molecule has 3 nitrogen and oxygen atoms in total. The summed E-state index contributed by atoms with van der Waals surface area (Å²) in [7, 11) is 0. The van der Waals surface area contributed by atoms with Gasteiger partial charge < -0.3 is 0 Å². The van der Waals surface area contributed by atoms with E-state index in [1.807, 2.05) is 6.07 Å². The van der Waals surface area contributed by atoms with Gasteiger partial charge in [0.15, 0.2) is 0 Å². The molecular formula is C9H7FN3. The van der Waals surface area contributed by atoms with Crippen molar-refractivity contribution in [2.75, 3.05) is 0 Å². The third-order valence-electron chi connectivity index (χ3n) is 1.67. The Balaban J connectivity index is 2.29. The number of nitrogens with zero attached hydrogens (tertiary/aromatic N) is 2. The Morgan fingerprint density at radius 2 is 2.00 bits per heavy atom. The standard InChI is InChI=1S/C9H7FN3/c10-9(8-6-11-13-12-8)7-4-2-1-3-5-7/h1-6H,(H,11,12,13). The first-order valence-electron chi connectivity index (χ1n) is 3.82. The summed E-state index contributed by atoms with van der Waals surface area (Å²) in [5, 5.41) is 9.47. The molecule has 0 saturated heterocycles. The van der Waals surface area contributed by atoms with Gasteiger partial charge in [0.05, 0.1) is 0 Å². The first-order chi connectivity index (χ1) is 6.38. The van der Waals surface area contributed by atoms with Crippen molar-refractivity contribution < 1.29 is 4.39 Å². The first-order valence-corrected chi connectivity index (χ1v) is 3.82. The molecule has 1 aromatic carbocycles. The van der Waals surface area contributed by atoms with Crippen LogP contribution in [0.3, 0.4) is 0 Å². The minimum Gasteiger partial charge on any atom is -0.265 e. The van der Waals surface area contributed by atoms with Gasteiger partial charge in [0.1, 0.15) is 5.69 Å². The van der Waals surface area contributed by atoms with Crippen molar-refractivity contribution in [3.8, 4) is 0 Å². The quantitative estimate of drug-likeness (QED) is 0.756. The molecule has 1 heterocycles. The van der Waals surface area contributed by atoms with E-state index in [4.69, 9.17) is 0 Å². The number of aromatic amines is 1. The largest absolute Gasteiger partial charge is 0.265 e. The van der Waals surface area contributed by atoms with Crippen LogP contribution in [0.1, 0.15) is 11.3 Å². The Kier molecular flexibility index (Phi) is 2.04. The van der Waals surface area contributed by atoms with Crippen LogP contribution in [-0.2, 0) is 0 Å². The lowest BCUT2D eigenvalue weighted by Gasteiger charge is -2.01. The SMILES string of the molecule is F[C](c1ccccc1)c1c[nH]nn1. The van der Waals surface area contributed by atoms with E-state index in [9.17, 15) is 4.39 Å². The monoisotopic (exact) mass is 176 g/mol. The fourth-order valence-electron chi connectivity index (χ4n) is 1.04. The highest BCUT2D eigenvalue weighted by molar-refractivity contribution is 5.36. The van der Waals surface area contributed by atoms with Crippen LogP contribution >= 0.6 is 0 Å². The zero-order valence-corrected chi connectivity index (χ0v) is 6.74. The summed E-state index contributed by atoms with van der Waals surface area (Å²) < 4.78 is 13.5. The first kappa shape index (κ1) is 7.91. The highest BCUT2D eigenvalue weighted by Gasteiger charge is 2.16. The van der Waals surface area contributed by atoms with Crippen LogP contribution in [0.4, 0.5) is 4.39 Å². The average molecular weight is 176 g/mol. The maximum absolute atomic E-state index is 13.5. The molecule has 0 aliphatic rings. The van der Waals surface area contributed by atoms with Crippen molar-refractivity contribution in [1.29, 1.82) is 0 Å². The predicted octanol–water partition coefficient (Wildman–Crippen LogP) is 1.70. The van der Waals surface area contributed by atoms with Gasteiger partial charge in [-0.2, -0.15) is 0 Å². The minimum atomic E-state index is -0.366. The molecule has 1 radical (unpaired) electrons. The molecule has 2 rings (SSSR count). The summed E-state index contributed by atoms with van der Waals surface area (Å²) in [5.41, 5.74) is 0.739. The number of nitrogens with one attached hydrogen (secondary N) is 1. The zero-order chi connectivity index (χ0) is 9.10. The van der Waals surface area contributed by atoms with Crippen LogP contribution in [0.5, 0.6) is 0 Å². The van der Waals surface area contributed by atoms with E-state index in [2.05, 4.69) is 15.4 Å². The Bertz CT molecular complexity index is 358. The molecule has 4 heteroatoms. The number of halogens is 1. The fourth-order valence-corrected chi connectivity index (χ4v) is 1.04. The van der Waals surface area contributed by atoms with Crippen LogP contribution in [0.15, 0.2) is 36.5 Å². The number of H-pyrrole nitrogens is 1. The maximum atomic E-state index is 13.5. The Morgan fingerprint density at radius 3 is 2.62 bits per heavy atom. The van der Waals surface area contributed by atoms with Gasteiger partial charge in [-0.05, 0) is 5.56 Å². The van der Waals surface area contributed by atoms with Gasteiger partial charge >= 0.3 is 0 Å². The van der Waals surface area contributed by atoms with Crippen LogP contribution in [0, 0.1) is 6.17 Å². The van der Waals surface area contributed by atoms with Gasteiger partial charge in [-0.25, -0.2) is 4.39 Å². The van der Waals surface area contributed by atoms with Gasteiger partial charge in [-0.3, -0.25) is 5.10 Å². The van der Waals surface area contributed by atoms with Gasteiger partial charge in [0.2, 0.25) is 6.17 Å². The Labute approximate surface area is 74.6 Å². The number of rotatable bonds is 2. The van der Waals surface area contributed by atoms with Crippen LogP contribution in [0.25, 0.3) is 0 Å². The van der Waals surface area contributed by atoms with Crippen LogP contribution < -0.4 is 0 Å². The number of benzene rings is 1. The molecule has 1 N–H and O–H groups in total. The number of hydrogen-bond donors (Lipinski definition) is 1. The van der Waals surface area contributed by atoms with Crippen LogP contribution in [-0.4, -0.2) is 15.4 Å². The second kappa shape index (κ2) is 3.35. The fraction of sp³-hybridized carbons (Fsp3) is 0.